The van der Waals surface area contributed by atoms with Crippen LogP contribution in [-0.2, 0) is 0 Å². The normalized spacial score (nSPS) is 56.4. The van der Waals surface area contributed by atoms with Gasteiger partial charge in [-0.05, 0) is 166 Å². The van der Waals surface area contributed by atoms with E-state index in [1.54, 1.807) is 89.9 Å². The summed E-state index contributed by atoms with van der Waals surface area (Å²) in [5.41, 5.74) is 0.774. The second-order valence-corrected chi connectivity index (χ2v) is 15.1. The highest BCUT2D eigenvalue weighted by Gasteiger charge is 2.53. The average Bonchev–Trinajstić information content (AvgIpc) is 3.57. The third kappa shape index (κ3) is 4.15. The van der Waals surface area contributed by atoms with Crippen molar-refractivity contribution in [2.45, 2.75) is 124 Å². The lowest BCUT2D eigenvalue weighted by Gasteiger charge is -2.44. The molecule has 0 saturated heterocycles. The van der Waals surface area contributed by atoms with Crippen LogP contribution in [0, 0.1) is 76.4 Å². The summed E-state index contributed by atoms with van der Waals surface area (Å²) in [5, 5.41) is 0. The molecule has 0 nitrogen and oxygen atoms in total. The molecule has 0 aromatic heterocycles. The fourth-order valence-electron chi connectivity index (χ4n) is 11.1. The maximum atomic E-state index is 2.69. The minimum atomic E-state index is 0.774. The van der Waals surface area contributed by atoms with Crippen LogP contribution in [-0.4, -0.2) is 0 Å². The molecule has 0 bridgehead atoms. The molecule has 0 amide bonds. The summed E-state index contributed by atoms with van der Waals surface area (Å²) in [5.74, 6) is 12.7. The lowest BCUT2D eigenvalue weighted by molar-refractivity contribution is 0.0697. The minimum Gasteiger partial charge on any atom is -0.0623 e. The maximum absolute atomic E-state index is 2.69. The van der Waals surface area contributed by atoms with E-state index < -0.39 is 0 Å². The topological polar surface area (TPSA) is 0 Å². The van der Waals surface area contributed by atoms with Gasteiger partial charge in [0.2, 0.25) is 0 Å². The van der Waals surface area contributed by atoms with E-state index in [1.165, 1.54) is 6.42 Å². The van der Waals surface area contributed by atoms with E-state index in [9.17, 15) is 0 Å². The minimum absolute atomic E-state index is 0.774. The van der Waals surface area contributed by atoms with Crippen molar-refractivity contribution >= 4 is 0 Å². The van der Waals surface area contributed by atoms with Gasteiger partial charge in [0.15, 0.2) is 0 Å². The second kappa shape index (κ2) is 8.59. The monoisotopic (exact) mass is 438 g/mol. The Bertz CT molecular complexity index is 661. The smallest absolute Gasteiger partial charge is 0.0289 e. The van der Waals surface area contributed by atoms with Crippen molar-refractivity contribution < 1.29 is 0 Å². The van der Waals surface area contributed by atoms with Gasteiger partial charge in [-0.15, -0.1) is 0 Å². The Morgan fingerprint density at radius 2 is 1.12 bits per heavy atom. The second-order valence-electron chi connectivity index (χ2n) is 15.1. The Morgan fingerprint density at radius 1 is 0.406 bits per heavy atom. The van der Waals surface area contributed by atoms with Crippen LogP contribution in [0.15, 0.2) is 0 Å². The molecule has 6 aliphatic rings. The number of fused-ring (bicyclic) bond motifs is 3. The highest BCUT2D eigenvalue weighted by molar-refractivity contribution is 5.03. The standard InChI is InChI=1S/C32H54/c1-20-5-6-24-9-10-30-22(3)14-26-11-12-32(17-23(4)31(19-32)25-7-8-25)18-29(26)16-28(30)15-27(24)13-21(20)2/h20-31H,5-19H2,1-4H3/t20?,21?,22?,23?,24?,26?,27?,28-,29?,30-,31?,32?/m1/s1. The Balaban J connectivity index is 1.19. The predicted molar refractivity (Wildman–Crippen MR) is 136 cm³/mol. The van der Waals surface area contributed by atoms with E-state index >= 15 is 0 Å². The number of hydrogen-bond acceptors (Lipinski definition) is 0. The van der Waals surface area contributed by atoms with Gasteiger partial charge in [-0.25, -0.2) is 0 Å². The summed E-state index contributed by atoms with van der Waals surface area (Å²) >= 11 is 0. The lowest BCUT2D eigenvalue weighted by Crippen LogP contribution is -2.33. The van der Waals surface area contributed by atoms with E-state index in [0.717, 1.165) is 76.4 Å². The average molecular weight is 439 g/mol. The summed E-state index contributed by atoms with van der Waals surface area (Å²) in [6.45, 7) is 10.5. The van der Waals surface area contributed by atoms with Gasteiger partial charge in [0.05, 0.1) is 0 Å². The molecule has 10 unspecified atom stereocenters. The Hall–Kier alpha value is 0. The first-order valence-electron chi connectivity index (χ1n) is 15.4. The van der Waals surface area contributed by atoms with Crippen LogP contribution in [0.1, 0.15) is 124 Å². The van der Waals surface area contributed by atoms with Crippen molar-refractivity contribution in [3.8, 4) is 0 Å². The summed E-state index contributed by atoms with van der Waals surface area (Å²) < 4.78 is 0. The van der Waals surface area contributed by atoms with Crippen molar-refractivity contribution in [3.05, 3.63) is 0 Å². The third-order valence-corrected chi connectivity index (χ3v) is 13.2. The molecule has 0 radical (unpaired) electrons. The maximum Gasteiger partial charge on any atom is -0.0289 e. The SMILES string of the molecule is CC1CCC2CC[C@@H]3C(C)CC4CCC5(CC(C)C(C6CC6)C5)CC4C[C@H]3CC2CC1C. The molecule has 0 aromatic carbocycles. The van der Waals surface area contributed by atoms with Gasteiger partial charge in [-0.3, -0.25) is 0 Å². The predicted octanol–water partition coefficient (Wildman–Crippen LogP) is 9.38. The molecule has 6 rings (SSSR count). The zero-order valence-electron chi connectivity index (χ0n) is 22.0. The van der Waals surface area contributed by atoms with Crippen LogP contribution in [0.2, 0.25) is 0 Å². The molecule has 182 valence electrons. The molecular weight excluding hydrogens is 384 g/mol. The van der Waals surface area contributed by atoms with E-state index in [1.807, 2.05) is 0 Å². The fraction of sp³-hybridized carbons (Fsp3) is 1.00. The Kier molecular flexibility index (Phi) is 6.03. The van der Waals surface area contributed by atoms with Crippen LogP contribution in [0.25, 0.3) is 0 Å². The molecule has 1 spiro atoms. The largest absolute Gasteiger partial charge is 0.0623 e. The first-order valence-corrected chi connectivity index (χ1v) is 15.4. The van der Waals surface area contributed by atoms with Crippen LogP contribution in [0.5, 0.6) is 0 Å². The quantitative estimate of drug-likeness (QED) is 0.382. The highest BCUT2D eigenvalue weighted by Crippen LogP contribution is 2.63. The van der Waals surface area contributed by atoms with Crippen molar-refractivity contribution in [2.75, 3.05) is 0 Å². The molecule has 6 fully saturated rings. The Morgan fingerprint density at radius 3 is 1.94 bits per heavy atom. The van der Waals surface area contributed by atoms with E-state index in [2.05, 4.69) is 27.7 Å². The van der Waals surface area contributed by atoms with Gasteiger partial charge in [-0.2, -0.15) is 0 Å². The molecule has 0 aliphatic heterocycles. The van der Waals surface area contributed by atoms with E-state index in [-0.39, 0.29) is 0 Å². The van der Waals surface area contributed by atoms with Gasteiger partial charge >= 0.3 is 0 Å². The third-order valence-electron chi connectivity index (χ3n) is 13.2. The van der Waals surface area contributed by atoms with Crippen LogP contribution < -0.4 is 0 Å². The van der Waals surface area contributed by atoms with Crippen molar-refractivity contribution in [3.63, 3.8) is 0 Å². The first-order chi connectivity index (χ1) is 15.4. The van der Waals surface area contributed by atoms with Gasteiger partial charge < -0.3 is 0 Å². The van der Waals surface area contributed by atoms with Gasteiger partial charge in [0.25, 0.3) is 0 Å². The van der Waals surface area contributed by atoms with Gasteiger partial charge in [-0.1, -0.05) is 34.1 Å². The molecule has 6 aliphatic carbocycles. The van der Waals surface area contributed by atoms with E-state index in [0.29, 0.717) is 0 Å². The van der Waals surface area contributed by atoms with Crippen LogP contribution in [0.3, 0.4) is 0 Å². The number of hydrogen-bond donors (Lipinski definition) is 0. The van der Waals surface area contributed by atoms with E-state index in [4.69, 9.17) is 0 Å². The molecule has 0 heteroatoms. The zero-order chi connectivity index (χ0) is 22.0. The van der Waals surface area contributed by atoms with Gasteiger partial charge in [0, 0.05) is 0 Å². The highest BCUT2D eigenvalue weighted by atomic mass is 14.6. The molecular formula is C32H54. The summed E-state index contributed by atoms with van der Waals surface area (Å²) in [6, 6.07) is 0. The number of rotatable bonds is 1. The first kappa shape index (κ1) is 22.5. The molecule has 12 atom stereocenters. The summed E-state index contributed by atoms with van der Waals surface area (Å²) in [7, 11) is 0. The van der Waals surface area contributed by atoms with Crippen LogP contribution in [0.4, 0.5) is 0 Å². The van der Waals surface area contributed by atoms with Crippen molar-refractivity contribution in [2.24, 2.45) is 76.4 Å². The molecule has 0 heterocycles. The van der Waals surface area contributed by atoms with Crippen molar-refractivity contribution in [1.82, 2.24) is 0 Å². The summed E-state index contributed by atoms with van der Waals surface area (Å²) in [6.07, 6.45) is 23.8. The van der Waals surface area contributed by atoms with Gasteiger partial charge in [0.1, 0.15) is 0 Å². The molecule has 32 heavy (non-hydrogen) atoms. The van der Waals surface area contributed by atoms with Crippen LogP contribution >= 0.6 is 0 Å². The lowest BCUT2D eigenvalue weighted by atomic mass is 9.61. The van der Waals surface area contributed by atoms with Crippen molar-refractivity contribution in [1.29, 1.82) is 0 Å². The molecule has 0 aromatic rings. The summed E-state index contributed by atoms with van der Waals surface area (Å²) in [4.78, 5) is 0. The Labute approximate surface area is 200 Å². The fourth-order valence-corrected chi connectivity index (χ4v) is 11.1. The zero-order valence-corrected chi connectivity index (χ0v) is 22.0. The molecule has 6 saturated carbocycles. The molecule has 0 N–H and O–H groups in total.